The number of hydrogen-bond acceptors (Lipinski definition) is 4. The molecule has 156 valence electrons. The van der Waals surface area contributed by atoms with E-state index in [2.05, 4.69) is 10.1 Å². The van der Waals surface area contributed by atoms with Crippen LogP contribution in [-0.4, -0.2) is 23.8 Å². The van der Waals surface area contributed by atoms with Gasteiger partial charge in [-0.25, -0.2) is 9.18 Å². The summed E-state index contributed by atoms with van der Waals surface area (Å²) in [5.41, 5.74) is -3.10. The van der Waals surface area contributed by atoms with Crippen LogP contribution in [0.5, 0.6) is 5.75 Å². The predicted octanol–water partition coefficient (Wildman–Crippen LogP) is 4.83. The van der Waals surface area contributed by atoms with Crippen LogP contribution in [0.25, 0.3) is 0 Å². The van der Waals surface area contributed by atoms with Gasteiger partial charge in [-0.15, -0.1) is 13.2 Å². The lowest BCUT2D eigenvalue weighted by atomic mass is 9.71. The van der Waals surface area contributed by atoms with E-state index in [1.54, 1.807) is 20.8 Å². The summed E-state index contributed by atoms with van der Waals surface area (Å²) < 4.78 is 61.6. The maximum absolute atomic E-state index is 15.0. The van der Waals surface area contributed by atoms with Gasteiger partial charge < -0.3 is 14.8 Å². The normalized spacial score (nSPS) is 23.3. The van der Waals surface area contributed by atoms with E-state index >= 15 is 0 Å². The summed E-state index contributed by atoms with van der Waals surface area (Å²) in [5, 5.41) is 2.43. The lowest BCUT2D eigenvalue weighted by molar-refractivity contribution is -0.275. The van der Waals surface area contributed by atoms with E-state index < -0.39 is 40.9 Å². The minimum atomic E-state index is -5.10. The number of benzene rings is 1. The summed E-state index contributed by atoms with van der Waals surface area (Å²) in [7, 11) is 0. The van der Waals surface area contributed by atoms with Crippen molar-refractivity contribution in [1.82, 2.24) is 5.32 Å². The molecule has 0 spiro atoms. The number of rotatable bonds is 3. The van der Waals surface area contributed by atoms with Crippen molar-refractivity contribution >= 4 is 11.9 Å². The lowest BCUT2D eigenvalue weighted by Gasteiger charge is -2.40. The van der Waals surface area contributed by atoms with Crippen LogP contribution in [0.4, 0.5) is 22.4 Å². The Balaban J connectivity index is 2.53. The third-order valence-corrected chi connectivity index (χ3v) is 4.36. The molecule has 1 aromatic rings. The van der Waals surface area contributed by atoms with Crippen LogP contribution in [0.2, 0.25) is 0 Å². The van der Waals surface area contributed by atoms with Crippen LogP contribution in [0.1, 0.15) is 52.5 Å². The number of ether oxygens (including phenoxy) is 2. The first-order valence-corrected chi connectivity index (χ1v) is 8.83. The topological polar surface area (TPSA) is 64.6 Å². The summed E-state index contributed by atoms with van der Waals surface area (Å²) in [6, 6.07) is 3.13. The van der Waals surface area contributed by atoms with Gasteiger partial charge in [0, 0.05) is 12.0 Å². The number of alkyl carbamates (subject to hydrolysis) is 1. The maximum Gasteiger partial charge on any atom is 0.573 e. The van der Waals surface area contributed by atoms with Crippen LogP contribution < -0.4 is 10.1 Å². The SMILES string of the molecule is C[C@H]1CCC(=O)[C@](NC(=O)OC(C)(C)C)(c2cccc(OC(F)(F)F)c2F)C1. The fourth-order valence-electron chi connectivity index (χ4n) is 3.30. The summed E-state index contributed by atoms with van der Waals surface area (Å²) in [6.45, 7) is 6.65. The Kier molecular flexibility index (Phi) is 5.96. The van der Waals surface area contributed by atoms with Gasteiger partial charge in [0.15, 0.2) is 17.3 Å². The lowest BCUT2D eigenvalue weighted by Crippen LogP contribution is -2.56. The molecule has 5 nitrogen and oxygen atoms in total. The summed E-state index contributed by atoms with van der Waals surface area (Å²) in [6.07, 6.45) is -5.47. The molecule has 0 unspecified atom stereocenters. The minimum absolute atomic E-state index is 0.0253. The molecule has 1 amide bonds. The summed E-state index contributed by atoms with van der Waals surface area (Å²) >= 11 is 0. The number of Topliss-reactive ketones (excluding diaryl/α,β-unsaturated/α-hetero) is 1. The molecule has 1 aliphatic carbocycles. The van der Waals surface area contributed by atoms with E-state index in [1.165, 1.54) is 6.07 Å². The Labute approximate surface area is 160 Å². The molecule has 0 saturated heterocycles. The van der Waals surface area contributed by atoms with Crippen molar-refractivity contribution in [2.75, 3.05) is 0 Å². The molecule has 28 heavy (non-hydrogen) atoms. The summed E-state index contributed by atoms with van der Waals surface area (Å²) in [4.78, 5) is 25.2. The van der Waals surface area contributed by atoms with Gasteiger partial charge in [-0.05, 0) is 45.6 Å². The molecule has 1 saturated carbocycles. The van der Waals surface area contributed by atoms with Crippen LogP contribution in [-0.2, 0) is 15.1 Å². The zero-order valence-corrected chi connectivity index (χ0v) is 16.1. The molecule has 1 fully saturated rings. The average Bonchev–Trinajstić information content (AvgIpc) is 2.49. The van der Waals surface area contributed by atoms with Crippen LogP contribution >= 0.6 is 0 Å². The van der Waals surface area contributed by atoms with Crippen LogP contribution in [0.15, 0.2) is 18.2 Å². The Morgan fingerprint density at radius 1 is 1.25 bits per heavy atom. The van der Waals surface area contributed by atoms with Gasteiger partial charge in [-0.2, -0.15) is 0 Å². The Bertz CT molecular complexity index is 757. The molecule has 1 N–H and O–H groups in total. The summed E-state index contributed by atoms with van der Waals surface area (Å²) in [5.74, 6) is -3.00. The van der Waals surface area contributed by atoms with Gasteiger partial charge in [0.1, 0.15) is 11.1 Å². The third kappa shape index (κ3) is 5.14. The van der Waals surface area contributed by atoms with Crippen LogP contribution in [0.3, 0.4) is 0 Å². The molecular formula is C19H23F4NO4. The number of alkyl halides is 3. The van der Waals surface area contributed by atoms with Gasteiger partial charge in [0.2, 0.25) is 0 Å². The minimum Gasteiger partial charge on any atom is -0.444 e. The monoisotopic (exact) mass is 405 g/mol. The molecule has 0 aromatic heterocycles. The second kappa shape index (κ2) is 7.60. The fourth-order valence-corrected chi connectivity index (χ4v) is 3.30. The number of carbonyl (C=O) groups is 2. The van der Waals surface area contributed by atoms with Crippen molar-refractivity contribution in [2.24, 2.45) is 5.92 Å². The highest BCUT2D eigenvalue weighted by molar-refractivity contribution is 5.93. The van der Waals surface area contributed by atoms with Crippen molar-refractivity contribution in [3.8, 4) is 5.75 Å². The standard InChI is InChI=1S/C19H23F4NO4/c1-11-8-9-14(25)18(10-11,24-16(26)28-17(2,3)4)12-6-5-7-13(15(12)20)27-19(21,22)23/h5-7,11H,8-10H2,1-4H3,(H,24,26)/t11-,18+/m0/s1. The highest BCUT2D eigenvalue weighted by atomic mass is 19.4. The number of carbonyl (C=O) groups excluding carboxylic acids is 2. The predicted molar refractivity (Wildman–Crippen MR) is 92.2 cm³/mol. The van der Waals surface area contributed by atoms with Crippen molar-refractivity contribution in [2.45, 2.75) is 64.5 Å². The molecule has 9 heteroatoms. The van der Waals surface area contributed by atoms with Gasteiger partial charge >= 0.3 is 12.5 Å². The Hall–Kier alpha value is -2.32. The van der Waals surface area contributed by atoms with E-state index in [0.29, 0.717) is 6.42 Å². The molecule has 2 rings (SSSR count). The Morgan fingerprint density at radius 3 is 2.46 bits per heavy atom. The van der Waals surface area contributed by atoms with Crippen molar-refractivity contribution in [3.63, 3.8) is 0 Å². The van der Waals surface area contributed by atoms with Gasteiger partial charge in [-0.1, -0.05) is 19.1 Å². The first kappa shape index (κ1) is 22.0. The second-order valence-corrected chi connectivity index (χ2v) is 7.97. The third-order valence-electron chi connectivity index (χ3n) is 4.36. The van der Waals surface area contributed by atoms with Gasteiger partial charge in [0.05, 0.1) is 0 Å². The van der Waals surface area contributed by atoms with Gasteiger partial charge in [-0.3, -0.25) is 4.79 Å². The zero-order valence-electron chi connectivity index (χ0n) is 16.1. The van der Waals surface area contributed by atoms with E-state index in [-0.39, 0.29) is 24.3 Å². The molecule has 0 radical (unpaired) electrons. The van der Waals surface area contributed by atoms with E-state index in [1.807, 2.05) is 6.92 Å². The fraction of sp³-hybridized carbons (Fsp3) is 0.579. The first-order valence-electron chi connectivity index (χ1n) is 8.83. The largest absolute Gasteiger partial charge is 0.573 e. The number of halogens is 4. The van der Waals surface area contributed by atoms with Crippen molar-refractivity contribution in [3.05, 3.63) is 29.6 Å². The van der Waals surface area contributed by atoms with Crippen molar-refractivity contribution < 1.29 is 36.6 Å². The highest BCUT2D eigenvalue weighted by Crippen LogP contribution is 2.41. The van der Waals surface area contributed by atoms with Crippen molar-refractivity contribution in [1.29, 1.82) is 0 Å². The zero-order chi connectivity index (χ0) is 21.3. The van der Waals surface area contributed by atoms with E-state index in [4.69, 9.17) is 4.74 Å². The molecular weight excluding hydrogens is 382 g/mol. The van der Waals surface area contributed by atoms with E-state index in [0.717, 1.165) is 12.1 Å². The second-order valence-electron chi connectivity index (χ2n) is 7.97. The quantitative estimate of drug-likeness (QED) is 0.732. The van der Waals surface area contributed by atoms with Gasteiger partial charge in [0.25, 0.3) is 0 Å². The Morgan fingerprint density at radius 2 is 1.89 bits per heavy atom. The molecule has 0 bridgehead atoms. The molecule has 1 aromatic carbocycles. The van der Waals surface area contributed by atoms with E-state index in [9.17, 15) is 27.2 Å². The number of amides is 1. The smallest absolute Gasteiger partial charge is 0.444 e. The van der Waals surface area contributed by atoms with Crippen LogP contribution in [0, 0.1) is 11.7 Å². The highest BCUT2D eigenvalue weighted by Gasteiger charge is 2.48. The number of nitrogens with one attached hydrogen (secondary N) is 1. The molecule has 0 aliphatic heterocycles. The molecule has 2 atom stereocenters. The average molecular weight is 405 g/mol. The first-order chi connectivity index (χ1) is 12.7. The molecule has 0 heterocycles. The maximum atomic E-state index is 15.0. The molecule has 1 aliphatic rings. The number of ketones is 1. The number of hydrogen-bond donors (Lipinski definition) is 1.